The Hall–Kier alpha value is -2.30. The molecular formula is C20H24N4O5S. The molecule has 3 fully saturated rings. The Bertz CT molecular complexity index is 1040. The molecule has 0 aliphatic carbocycles. The molecule has 9 nitrogen and oxygen atoms in total. The van der Waals surface area contributed by atoms with Gasteiger partial charge < -0.3 is 10.2 Å². The summed E-state index contributed by atoms with van der Waals surface area (Å²) in [4.78, 5) is 40.3. The molecule has 4 aliphatic rings. The fraction of sp³-hybridized carbons (Fsp3) is 0.550. The molecule has 4 heterocycles. The van der Waals surface area contributed by atoms with E-state index in [0.717, 1.165) is 24.2 Å². The van der Waals surface area contributed by atoms with Crippen molar-refractivity contribution in [3.05, 3.63) is 34.9 Å². The van der Waals surface area contributed by atoms with E-state index in [1.165, 1.54) is 0 Å². The van der Waals surface area contributed by atoms with Crippen LogP contribution in [0, 0.1) is 0 Å². The van der Waals surface area contributed by atoms with Crippen LogP contribution in [0.25, 0.3) is 0 Å². The average molecular weight is 433 g/mol. The number of nitrogens with one attached hydrogen (secondary N) is 2. The first-order valence-electron chi connectivity index (χ1n) is 10.2. The fourth-order valence-corrected chi connectivity index (χ4v) is 7.06. The quantitative estimate of drug-likeness (QED) is 0.590. The minimum absolute atomic E-state index is 0.0391. The van der Waals surface area contributed by atoms with E-state index < -0.39 is 21.8 Å². The lowest BCUT2D eigenvalue weighted by molar-refractivity contribution is -0.136. The van der Waals surface area contributed by atoms with E-state index in [-0.39, 0.29) is 41.8 Å². The number of piperidine rings is 1. The number of sulfone groups is 1. The molecule has 5 rings (SSSR count). The topological polar surface area (TPSA) is 116 Å². The molecular weight excluding hydrogens is 408 g/mol. The zero-order chi connectivity index (χ0) is 21.0. The van der Waals surface area contributed by atoms with E-state index in [0.29, 0.717) is 25.1 Å². The summed E-state index contributed by atoms with van der Waals surface area (Å²) in [6.07, 6.45) is 0.575. The van der Waals surface area contributed by atoms with Gasteiger partial charge >= 0.3 is 0 Å². The van der Waals surface area contributed by atoms with Gasteiger partial charge in [-0.25, -0.2) is 8.42 Å². The van der Waals surface area contributed by atoms with Crippen molar-refractivity contribution < 1.29 is 22.8 Å². The summed E-state index contributed by atoms with van der Waals surface area (Å²) in [7, 11) is -3.03. The second-order valence-electron chi connectivity index (χ2n) is 8.57. The van der Waals surface area contributed by atoms with E-state index in [9.17, 15) is 22.8 Å². The van der Waals surface area contributed by atoms with Crippen molar-refractivity contribution in [2.75, 3.05) is 24.6 Å². The van der Waals surface area contributed by atoms with Crippen LogP contribution in [0.4, 0.5) is 0 Å². The molecule has 3 atom stereocenters. The maximum Gasteiger partial charge on any atom is 0.255 e. The smallest absolute Gasteiger partial charge is 0.255 e. The number of amides is 3. The molecule has 0 aromatic heterocycles. The first-order valence-corrected chi connectivity index (χ1v) is 12.1. The van der Waals surface area contributed by atoms with Gasteiger partial charge in [0.05, 0.1) is 11.5 Å². The van der Waals surface area contributed by atoms with Gasteiger partial charge in [-0.05, 0) is 23.6 Å². The van der Waals surface area contributed by atoms with Gasteiger partial charge in [0.25, 0.3) is 5.91 Å². The van der Waals surface area contributed by atoms with Crippen molar-refractivity contribution in [2.45, 2.75) is 44.1 Å². The van der Waals surface area contributed by atoms with Crippen LogP contribution in [-0.4, -0.2) is 78.7 Å². The molecule has 30 heavy (non-hydrogen) atoms. The second-order valence-corrected chi connectivity index (χ2v) is 10.7. The Labute approximate surface area is 174 Å². The number of hydrogen-bond acceptors (Lipinski definition) is 7. The van der Waals surface area contributed by atoms with Crippen molar-refractivity contribution in [1.82, 2.24) is 20.4 Å². The van der Waals surface area contributed by atoms with Crippen LogP contribution in [0.15, 0.2) is 18.2 Å². The van der Waals surface area contributed by atoms with Crippen LogP contribution in [-0.2, 0) is 32.5 Å². The van der Waals surface area contributed by atoms with Crippen molar-refractivity contribution in [2.24, 2.45) is 0 Å². The molecule has 160 valence electrons. The maximum absolute atomic E-state index is 13.0. The maximum atomic E-state index is 13.0. The molecule has 0 spiro atoms. The molecule has 2 N–H and O–H groups in total. The van der Waals surface area contributed by atoms with E-state index in [2.05, 4.69) is 15.5 Å². The third kappa shape index (κ3) is 3.42. The number of carbonyl (C=O) groups is 3. The van der Waals surface area contributed by atoms with Crippen LogP contribution in [0.1, 0.15) is 34.3 Å². The van der Waals surface area contributed by atoms with E-state index in [1.54, 1.807) is 4.90 Å². The van der Waals surface area contributed by atoms with Gasteiger partial charge in [-0.3, -0.25) is 24.6 Å². The van der Waals surface area contributed by atoms with Crippen molar-refractivity contribution in [3.8, 4) is 0 Å². The van der Waals surface area contributed by atoms with Gasteiger partial charge in [0.15, 0.2) is 9.84 Å². The summed E-state index contributed by atoms with van der Waals surface area (Å²) in [5.74, 6) is -0.564. The van der Waals surface area contributed by atoms with Gasteiger partial charge in [-0.1, -0.05) is 12.1 Å². The van der Waals surface area contributed by atoms with Crippen LogP contribution in [0.5, 0.6) is 0 Å². The lowest BCUT2D eigenvalue weighted by Crippen LogP contribution is -2.56. The van der Waals surface area contributed by atoms with Gasteiger partial charge in [0, 0.05) is 50.2 Å². The SMILES string of the molecule is O=C1CCC(N2Cc3ccc(CN4CCN[C@H]5CS(=O)(=O)C[C@H]54)cc3C2=O)C(=O)N1. The van der Waals surface area contributed by atoms with Gasteiger partial charge in [-0.2, -0.15) is 0 Å². The highest BCUT2D eigenvalue weighted by Gasteiger charge is 2.43. The van der Waals surface area contributed by atoms with E-state index in [4.69, 9.17) is 0 Å². The minimum atomic E-state index is -3.03. The monoisotopic (exact) mass is 432 g/mol. The molecule has 0 radical (unpaired) electrons. The van der Waals surface area contributed by atoms with Gasteiger partial charge in [0.2, 0.25) is 11.8 Å². The number of rotatable bonds is 3. The van der Waals surface area contributed by atoms with Crippen LogP contribution >= 0.6 is 0 Å². The fourth-order valence-electron chi connectivity index (χ4n) is 5.07. The predicted octanol–water partition coefficient (Wildman–Crippen LogP) is -0.982. The van der Waals surface area contributed by atoms with Crippen LogP contribution < -0.4 is 10.6 Å². The summed E-state index contributed by atoms with van der Waals surface area (Å²) in [5.41, 5.74) is 2.41. The number of fused-ring (bicyclic) bond motifs is 2. The summed E-state index contributed by atoms with van der Waals surface area (Å²) in [6, 6.07) is 5.05. The number of carbonyl (C=O) groups excluding carboxylic acids is 3. The normalized spacial score (nSPS) is 30.9. The number of nitrogens with zero attached hydrogens (tertiary/aromatic N) is 2. The summed E-state index contributed by atoms with van der Waals surface area (Å²) >= 11 is 0. The Morgan fingerprint density at radius 2 is 1.97 bits per heavy atom. The average Bonchev–Trinajstić information content (AvgIpc) is 3.18. The summed E-state index contributed by atoms with van der Waals surface area (Å²) < 4.78 is 24.1. The molecule has 1 unspecified atom stereocenters. The highest BCUT2D eigenvalue weighted by atomic mass is 32.2. The van der Waals surface area contributed by atoms with Crippen LogP contribution in [0.3, 0.4) is 0 Å². The number of hydrogen-bond donors (Lipinski definition) is 2. The summed E-state index contributed by atoms with van der Waals surface area (Å²) in [6.45, 7) is 2.43. The van der Waals surface area contributed by atoms with Crippen molar-refractivity contribution in [1.29, 1.82) is 0 Å². The molecule has 3 amide bonds. The number of benzene rings is 1. The predicted molar refractivity (Wildman–Crippen MR) is 107 cm³/mol. The van der Waals surface area contributed by atoms with Crippen LogP contribution in [0.2, 0.25) is 0 Å². The van der Waals surface area contributed by atoms with Crippen molar-refractivity contribution in [3.63, 3.8) is 0 Å². The molecule has 4 aliphatic heterocycles. The standard InChI is InChI=1S/C20H24N4O5S/c25-18-4-3-16(19(26)22-18)24-9-13-2-1-12(7-14(13)20(24)27)8-23-6-5-21-15-10-30(28,29)11-17(15)23/h1-2,7,15-17,21H,3-6,8-11H2,(H,22,25,26)/t15-,16?,17+/m0/s1. The molecule has 1 aromatic carbocycles. The molecule has 1 aromatic rings. The Morgan fingerprint density at radius 3 is 2.77 bits per heavy atom. The number of piperazine rings is 1. The largest absolute Gasteiger partial charge is 0.322 e. The third-order valence-corrected chi connectivity index (χ3v) is 8.29. The van der Waals surface area contributed by atoms with Crippen molar-refractivity contribution >= 4 is 27.6 Å². The Balaban J connectivity index is 1.33. The Morgan fingerprint density at radius 1 is 1.13 bits per heavy atom. The first-order chi connectivity index (χ1) is 14.3. The van der Waals surface area contributed by atoms with Gasteiger partial charge in [0.1, 0.15) is 6.04 Å². The van der Waals surface area contributed by atoms with E-state index >= 15 is 0 Å². The summed E-state index contributed by atoms with van der Waals surface area (Å²) in [5, 5.41) is 5.62. The highest BCUT2D eigenvalue weighted by Crippen LogP contribution is 2.29. The lowest BCUT2D eigenvalue weighted by Gasteiger charge is -2.37. The number of imide groups is 1. The Kier molecular flexibility index (Phi) is 4.68. The van der Waals surface area contributed by atoms with Gasteiger partial charge in [-0.15, -0.1) is 0 Å². The molecule has 0 saturated carbocycles. The molecule has 3 saturated heterocycles. The van der Waals surface area contributed by atoms with E-state index in [1.807, 2.05) is 18.2 Å². The molecule has 10 heteroatoms. The lowest BCUT2D eigenvalue weighted by atomic mass is 10.0. The minimum Gasteiger partial charge on any atom is -0.322 e. The zero-order valence-corrected chi connectivity index (χ0v) is 17.3. The second kappa shape index (κ2) is 7.14. The third-order valence-electron chi connectivity index (χ3n) is 6.58. The molecule has 0 bridgehead atoms. The highest BCUT2D eigenvalue weighted by molar-refractivity contribution is 7.91. The first kappa shape index (κ1) is 19.7. The zero-order valence-electron chi connectivity index (χ0n) is 16.5.